The van der Waals surface area contributed by atoms with Crippen LogP contribution in [0.4, 0.5) is 0 Å². The molecule has 1 amide bonds. The number of amides is 1. The van der Waals surface area contributed by atoms with Gasteiger partial charge in [0.1, 0.15) is 6.17 Å². The fourth-order valence-corrected chi connectivity index (χ4v) is 2.69. The van der Waals surface area contributed by atoms with E-state index in [1.54, 1.807) is 0 Å². The van der Waals surface area contributed by atoms with Crippen LogP contribution in [0, 0.1) is 0 Å². The molecule has 0 bridgehead atoms. The van der Waals surface area contributed by atoms with Gasteiger partial charge in [0.05, 0.1) is 6.04 Å². The highest BCUT2D eigenvalue weighted by Crippen LogP contribution is 2.26. The number of hydrogen-bond donors (Lipinski definition) is 1. The summed E-state index contributed by atoms with van der Waals surface area (Å²) in [4.78, 5) is 16.5. The van der Waals surface area contributed by atoms with Crippen LogP contribution in [0.5, 0.6) is 0 Å². The van der Waals surface area contributed by atoms with Crippen molar-refractivity contribution < 1.29 is 4.79 Å². The molecule has 21 heavy (non-hydrogen) atoms. The molecule has 1 aromatic carbocycles. The van der Waals surface area contributed by atoms with E-state index in [2.05, 4.69) is 31.1 Å². The summed E-state index contributed by atoms with van der Waals surface area (Å²) in [5.41, 5.74) is 1.03. The van der Waals surface area contributed by atoms with Crippen molar-refractivity contribution in [3.8, 4) is 0 Å². The molecule has 116 valence electrons. The first-order chi connectivity index (χ1) is 9.90. The molecule has 0 saturated carbocycles. The van der Waals surface area contributed by atoms with Crippen molar-refractivity contribution in [1.82, 2.24) is 15.1 Å². The lowest BCUT2D eigenvalue weighted by Gasteiger charge is -2.28. The number of benzene rings is 1. The molecule has 5 heteroatoms. The Balaban J connectivity index is 2.13. The normalized spacial score (nSPS) is 22.6. The fourth-order valence-electron chi connectivity index (χ4n) is 2.49. The number of halogens is 1. The van der Waals surface area contributed by atoms with Gasteiger partial charge in [-0.3, -0.25) is 10.1 Å². The SMILES string of the molecule is CC1NC(c2cccc(Cl)c2)N(CCN(C)C(C)C)C1=O. The standard InChI is InChI=1S/C16H24ClN3O/c1-11(2)19(4)8-9-20-15(18-12(3)16(20)21)13-6-5-7-14(17)10-13/h5-7,10-12,15,18H,8-9H2,1-4H3. The summed E-state index contributed by atoms with van der Waals surface area (Å²) in [5, 5.41) is 4.04. The van der Waals surface area contributed by atoms with Crippen LogP contribution >= 0.6 is 11.6 Å². The number of nitrogens with one attached hydrogen (secondary N) is 1. The number of carbonyl (C=O) groups is 1. The first-order valence-electron chi connectivity index (χ1n) is 7.42. The first kappa shape index (κ1) is 16.3. The second kappa shape index (κ2) is 6.77. The lowest BCUT2D eigenvalue weighted by atomic mass is 10.1. The fraction of sp³-hybridized carbons (Fsp3) is 0.562. The van der Waals surface area contributed by atoms with E-state index in [1.165, 1.54) is 0 Å². The van der Waals surface area contributed by atoms with E-state index < -0.39 is 0 Å². The summed E-state index contributed by atoms with van der Waals surface area (Å²) in [6.45, 7) is 7.78. The van der Waals surface area contributed by atoms with Crippen LogP contribution in [0.25, 0.3) is 0 Å². The quantitative estimate of drug-likeness (QED) is 0.908. The largest absolute Gasteiger partial charge is 0.320 e. The van der Waals surface area contributed by atoms with E-state index in [1.807, 2.05) is 36.1 Å². The number of hydrogen-bond acceptors (Lipinski definition) is 3. The zero-order valence-corrected chi connectivity index (χ0v) is 13.9. The lowest BCUT2D eigenvalue weighted by molar-refractivity contribution is -0.130. The van der Waals surface area contributed by atoms with Gasteiger partial charge in [-0.1, -0.05) is 23.7 Å². The average Bonchev–Trinajstić information content (AvgIpc) is 2.72. The van der Waals surface area contributed by atoms with Gasteiger partial charge in [0.2, 0.25) is 5.91 Å². The number of rotatable bonds is 5. The predicted octanol–water partition coefficient (Wildman–Crippen LogP) is 2.50. The molecule has 1 heterocycles. The van der Waals surface area contributed by atoms with Gasteiger partial charge < -0.3 is 9.80 Å². The van der Waals surface area contributed by atoms with Gasteiger partial charge in [-0.25, -0.2) is 0 Å². The minimum atomic E-state index is -0.154. The molecule has 0 aliphatic carbocycles. The minimum absolute atomic E-state index is 0.0910. The Morgan fingerprint density at radius 2 is 2.14 bits per heavy atom. The third kappa shape index (κ3) is 3.76. The molecule has 0 aromatic heterocycles. The van der Waals surface area contributed by atoms with Crippen molar-refractivity contribution in [1.29, 1.82) is 0 Å². The number of likely N-dealkylation sites (N-methyl/N-ethyl adjacent to an activating group) is 1. The highest BCUT2D eigenvalue weighted by Gasteiger charge is 2.36. The molecule has 0 radical (unpaired) electrons. The summed E-state index contributed by atoms with van der Waals surface area (Å²) in [6, 6.07) is 8.02. The van der Waals surface area contributed by atoms with Gasteiger partial charge in [-0.15, -0.1) is 0 Å². The van der Waals surface area contributed by atoms with Crippen molar-refractivity contribution in [2.45, 2.75) is 39.0 Å². The van der Waals surface area contributed by atoms with Crippen LogP contribution in [0.3, 0.4) is 0 Å². The summed E-state index contributed by atoms with van der Waals surface area (Å²) < 4.78 is 0. The van der Waals surface area contributed by atoms with Crippen LogP contribution < -0.4 is 5.32 Å². The van der Waals surface area contributed by atoms with Crippen LogP contribution in [0.15, 0.2) is 24.3 Å². The molecule has 0 spiro atoms. The third-order valence-electron chi connectivity index (χ3n) is 4.11. The Labute approximate surface area is 132 Å². The van der Waals surface area contributed by atoms with Gasteiger partial charge in [0, 0.05) is 24.2 Å². The topological polar surface area (TPSA) is 35.6 Å². The predicted molar refractivity (Wildman–Crippen MR) is 86.3 cm³/mol. The monoisotopic (exact) mass is 309 g/mol. The highest BCUT2D eigenvalue weighted by molar-refractivity contribution is 6.30. The Morgan fingerprint density at radius 1 is 1.43 bits per heavy atom. The van der Waals surface area contributed by atoms with Crippen LogP contribution in [0.2, 0.25) is 5.02 Å². The Hall–Kier alpha value is -1.10. The molecule has 2 atom stereocenters. The average molecular weight is 310 g/mol. The lowest BCUT2D eigenvalue weighted by Crippen LogP contribution is -2.39. The summed E-state index contributed by atoms with van der Waals surface area (Å²) in [5.74, 6) is 0.150. The molecule has 4 nitrogen and oxygen atoms in total. The first-order valence-corrected chi connectivity index (χ1v) is 7.80. The summed E-state index contributed by atoms with van der Waals surface area (Å²) in [6.07, 6.45) is -0.0910. The van der Waals surface area contributed by atoms with Crippen molar-refractivity contribution in [3.05, 3.63) is 34.9 Å². The van der Waals surface area contributed by atoms with Gasteiger partial charge in [-0.05, 0) is 45.5 Å². The molecule has 1 N–H and O–H groups in total. The van der Waals surface area contributed by atoms with Crippen molar-refractivity contribution >= 4 is 17.5 Å². The molecule has 2 rings (SSSR count). The minimum Gasteiger partial charge on any atom is -0.320 e. The van der Waals surface area contributed by atoms with Gasteiger partial charge >= 0.3 is 0 Å². The maximum Gasteiger partial charge on any atom is 0.241 e. The third-order valence-corrected chi connectivity index (χ3v) is 4.35. The molecular formula is C16H24ClN3O. The maximum atomic E-state index is 12.4. The highest BCUT2D eigenvalue weighted by atomic mass is 35.5. The van der Waals surface area contributed by atoms with E-state index in [4.69, 9.17) is 11.6 Å². The Morgan fingerprint density at radius 3 is 2.76 bits per heavy atom. The van der Waals surface area contributed by atoms with Crippen molar-refractivity contribution in [2.24, 2.45) is 0 Å². The molecule has 1 fully saturated rings. The van der Waals surface area contributed by atoms with Gasteiger partial charge in [0.25, 0.3) is 0 Å². The smallest absolute Gasteiger partial charge is 0.241 e. The summed E-state index contributed by atoms with van der Waals surface area (Å²) in [7, 11) is 2.08. The molecule has 1 aliphatic heterocycles. The zero-order valence-electron chi connectivity index (χ0n) is 13.1. The zero-order chi connectivity index (χ0) is 15.6. The molecule has 1 aliphatic rings. The van der Waals surface area contributed by atoms with E-state index in [0.717, 1.165) is 12.1 Å². The van der Waals surface area contributed by atoms with E-state index in [9.17, 15) is 4.79 Å². The van der Waals surface area contributed by atoms with E-state index in [0.29, 0.717) is 17.6 Å². The Kier molecular flexibility index (Phi) is 5.25. The number of carbonyl (C=O) groups excluding carboxylic acids is 1. The molecular weight excluding hydrogens is 286 g/mol. The Bertz CT molecular complexity index is 506. The van der Waals surface area contributed by atoms with E-state index in [-0.39, 0.29) is 18.1 Å². The summed E-state index contributed by atoms with van der Waals surface area (Å²) >= 11 is 6.07. The maximum absolute atomic E-state index is 12.4. The number of nitrogens with zero attached hydrogens (tertiary/aromatic N) is 2. The van der Waals surface area contributed by atoms with Crippen molar-refractivity contribution in [2.75, 3.05) is 20.1 Å². The molecule has 1 saturated heterocycles. The second-order valence-electron chi connectivity index (χ2n) is 5.95. The van der Waals surface area contributed by atoms with Crippen molar-refractivity contribution in [3.63, 3.8) is 0 Å². The molecule has 1 aromatic rings. The second-order valence-corrected chi connectivity index (χ2v) is 6.39. The van der Waals surface area contributed by atoms with Crippen LogP contribution in [-0.2, 0) is 4.79 Å². The van der Waals surface area contributed by atoms with Crippen LogP contribution in [0.1, 0.15) is 32.5 Å². The van der Waals surface area contributed by atoms with Crippen LogP contribution in [-0.4, -0.2) is 47.9 Å². The van der Waals surface area contributed by atoms with Gasteiger partial charge in [0.15, 0.2) is 0 Å². The molecule has 2 unspecified atom stereocenters. The van der Waals surface area contributed by atoms with E-state index >= 15 is 0 Å². The van der Waals surface area contributed by atoms with Gasteiger partial charge in [-0.2, -0.15) is 0 Å².